The number of fused-ring (bicyclic) bond motifs is 3. The maximum Gasteiger partial charge on any atom is 0.276 e. The largest absolute Gasteiger partial charge is 0.352 e. The number of rotatable bonds is 2. The van der Waals surface area contributed by atoms with E-state index in [4.69, 9.17) is 0 Å². The van der Waals surface area contributed by atoms with Gasteiger partial charge in [-0.15, -0.1) is 11.3 Å². The second-order valence-corrected chi connectivity index (χ2v) is 7.53. The van der Waals surface area contributed by atoms with Crippen LogP contribution in [0.4, 0.5) is 10.7 Å². The summed E-state index contributed by atoms with van der Waals surface area (Å²) in [6.07, 6.45) is 2.44. The fourth-order valence-corrected chi connectivity index (χ4v) is 4.95. The first kappa shape index (κ1) is 15.1. The minimum atomic E-state index is -0.580. The molecule has 0 bridgehead atoms. The summed E-state index contributed by atoms with van der Waals surface area (Å²) in [5.74, 6) is 0.491. The number of anilines is 1. The van der Waals surface area contributed by atoms with Crippen molar-refractivity contribution in [2.45, 2.75) is 32.4 Å². The molecule has 1 aliphatic carbocycles. The van der Waals surface area contributed by atoms with Crippen molar-refractivity contribution in [2.24, 2.45) is 5.92 Å². The highest BCUT2D eigenvalue weighted by atomic mass is 32.1. The van der Waals surface area contributed by atoms with E-state index in [2.05, 4.69) is 17.6 Å². The van der Waals surface area contributed by atoms with Gasteiger partial charge in [0.1, 0.15) is 11.2 Å². The standard InChI is InChI=1S/C17H17N3O3S/c1-9-6-7-11-13(8-9)24-17-14(11)16(21)18-15(19-17)10-4-2-3-5-12(10)20(22)23/h2-5,9,15,19H,6-8H2,1H3,(H,18,21)/t9-,15+/m0/s1. The van der Waals surface area contributed by atoms with Crippen molar-refractivity contribution in [3.05, 3.63) is 55.9 Å². The van der Waals surface area contributed by atoms with Crippen LogP contribution in [0.5, 0.6) is 0 Å². The van der Waals surface area contributed by atoms with Gasteiger partial charge in [0.2, 0.25) is 0 Å². The van der Waals surface area contributed by atoms with Gasteiger partial charge in [0.25, 0.3) is 11.6 Å². The van der Waals surface area contributed by atoms with Crippen molar-refractivity contribution in [3.63, 3.8) is 0 Å². The highest BCUT2D eigenvalue weighted by Gasteiger charge is 2.34. The third-order valence-corrected chi connectivity index (χ3v) is 5.92. The molecule has 1 amide bonds. The van der Waals surface area contributed by atoms with Crippen molar-refractivity contribution in [2.75, 3.05) is 5.32 Å². The second-order valence-electron chi connectivity index (χ2n) is 6.42. The highest BCUT2D eigenvalue weighted by molar-refractivity contribution is 7.16. The summed E-state index contributed by atoms with van der Waals surface area (Å²) in [4.78, 5) is 24.8. The van der Waals surface area contributed by atoms with Crippen LogP contribution in [0.1, 0.15) is 45.9 Å². The zero-order valence-electron chi connectivity index (χ0n) is 13.2. The monoisotopic (exact) mass is 343 g/mol. The lowest BCUT2D eigenvalue weighted by molar-refractivity contribution is -0.385. The van der Waals surface area contributed by atoms with Gasteiger partial charge in [-0.1, -0.05) is 19.1 Å². The number of para-hydroxylation sites is 1. The quantitative estimate of drug-likeness (QED) is 0.644. The Morgan fingerprint density at radius 2 is 2.08 bits per heavy atom. The van der Waals surface area contributed by atoms with Gasteiger partial charge in [-0.2, -0.15) is 0 Å². The molecule has 2 N–H and O–H groups in total. The Balaban J connectivity index is 1.73. The lowest BCUT2D eigenvalue weighted by Crippen LogP contribution is -2.38. The third-order valence-electron chi connectivity index (χ3n) is 4.73. The summed E-state index contributed by atoms with van der Waals surface area (Å²) in [5, 5.41) is 18.3. The van der Waals surface area contributed by atoms with Crippen LogP contribution < -0.4 is 10.6 Å². The van der Waals surface area contributed by atoms with E-state index in [1.807, 2.05) is 0 Å². The van der Waals surface area contributed by atoms with Crippen LogP contribution in [0.2, 0.25) is 0 Å². The molecule has 7 heteroatoms. The minimum absolute atomic E-state index is 0.00805. The smallest absolute Gasteiger partial charge is 0.276 e. The van der Waals surface area contributed by atoms with Crippen molar-refractivity contribution in [1.82, 2.24) is 5.32 Å². The van der Waals surface area contributed by atoms with Gasteiger partial charge in [-0.25, -0.2) is 0 Å². The molecule has 0 fully saturated rings. The molecule has 0 saturated heterocycles. The highest BCUT2D eigenvalue weighted by Crippen LogP contribution is 2.43. The Bertz CT molecular complexity index is 846. The number of nitrogens with zero attached hydrogens (tertiary/aromatic N) is 1. The summed E-state index contributed by atoms with van der Waals surface area (Å²) in [7, 11) is 0. The molecule has 1 aromatic heterocycles. The second kappa shape index (κ2) is 5.59. The summed E-state index contributed by atoms with van der Waals surface area (Å²) in [5.41, 5.74) is 2.37. The van der Waals surface area contributed by atoms with Gasteiger partial charge < -0.3 is 10.6 Å². The number of carbonyl (C=O) groups is 1. The minimum Gasteiger partial charge on any atom is -0.352 e. The Kier molecular flexibility index (Phi) is 3.53. The average molecular weight is 343 g/mol. The number of amides is 1. The molecule has 2 heterocycles. The molecule has 2 aliphatic rings. The van der Waals surface area contributed by atoms with Gasteiger partial charge in [-0.3, -0.25) is 14.9 Å². The summed E-state index contributed by atoms with van der Waals surface area (Å²) in [6, 6.07) is 6.51. The van der Waals surface area contributed by atoms with E-state index >= 15 is 0 Å². The van der Waals surface area contributed by atoms with Crippen molar-refractivity contribution in [3.8, 4) is 0 Å². The van der Waals surface area contributed by atoms with Gasteiger partial charge in [-0.05, 0) is 36.8 Å². The first-order valence-electron chi connectivity index (χ1n) is 8.00. The van der Waals surface area contributed by atoms with E-state index in [0.717, 1.165) is 35.4 Å². The molecule has 4 rings (SSSR count). The van der Waals surface area contributed by atoms with Crippen LogP contribution in [0.15, 0.2) is 24.3 Å². The molecule has 2 atom stereocenters. The molecule has 0 spiro atoms. The van der Waals surface area contributed by atoms with Crippen LogP contribution in [0.25, 0.3) is 0 Å². The molecule has 0 radical (unpaired) electrons. The summed E-state index contributed by atoms with van der Waals surface area (Å²) >= 11 is 1.62. The predicted molar refractivity (Wildman–Crippen MR) is 92.4 cm³/mol. The van der Waals surface area contributed by atoms with E-state index in [0.29, 0.717) is 11.5 Å². The van der Waals surface area contributed by atoms with Crippen LogP contribution in [0.3, 0.4) is 0 Å². The van der Waals surface area contributed by atoms with Gasteiger partial charge in [0, 0.05) is 10.9 Å². The summed E-state index contributed by atoms with van der Waals surface area (Å²) < 4.78 is 0. The molecule has 0 saturated carbocycles. The van der Waals surface area contributed by atoms with E-state index in [1.54, 1.807) is 29.5 Å². The first-order valence-corrected chi connectivity index (χ1v) is 8.81. The average Bonchev–Trinajstić information content (AvgIpc) is 2.92. The zero-order valence-corrected chi connectivity index (χ0v) is 14.0. The molecule has 1 aromatic carbocycles. The lowest BCUT2D eigenvalue weighted by Gasteiger charge is -2.26. The van der Waals surface area contributed by atoms with Gasteiger partial charge in [0.15, 0.2) is 0 Å². The molecular formula is C17H17N3O3S. The Morgan fingerprint density at radius 3 is 2.88 bits per heavy atom. The molecule has 0 unspecified atom stereocenters. The maximum atomic E-state index is 12.7. The Labute approximate surface area is 143 Å². The van der Waals surface area contributed by atoms with Gasteiger partial charge >= 0.3 is 0 Å². The molecule has 24 heavy (non-hydrogen) atoms. The molecule has 124 valence electrons. The fourth-order valence-electron chi connectivity index (χ4n) is 3.52. The Hall–Kier alpha value is -2.41. The van der Waals surface area contributed by atoms with Crippen LogP contribution in [-0.4, -0.2) is 10.8 Å². The van der Waals surface area contributed by atoms with Crippen LogP contribution >= 0.6 is 11.3 Å². The third kappa shape index (κ3) is 2.36. The summed E-state index contributed by atoms with van der Waals surface area (Å²) in [6.45, 7) is 2.23. The fraction of sp³-hybridized carbons (Fsp3) is 0.353. The molecular weight excluding hydrogens is 326 g/mol. The lowest BCUT2D eigenvalue weighted by atomic mass is 9.88. The first-order chi connectivity index (χ1) is 11.5. The number of carbonyl (C=O) groups excluding carboxylic acids is 1. The van der Waals surface area contributed by atoms with Crippen LogP contribution in [-0.2, 0) is 12.8 Å². The van der Waals surface area contributed by atoms with E-state index in [1.165, 1.54) is 10.9 Å². The number of benzene rings is 1. The number of hydrogen-bond acceptors (Lipinski definition) is 5. The number of nitro groups is 1. The van der Waals surface area contributed by atoms with Crippen molar-refractivity contribution >= 4 is 27.9 Å². The van der Waals surface area contributed by atoms with E-state index in [9.17, 15) is 14.9 Å². The van der Waals surface area contributed by atoms with Crippen molar-refractivity contribution < 1.29 is 9.72 Å². The predicted octanol–water partition coefficient (Wildman–Crippen LogP) is 3.64. The topological polar surface area (TPSA) is 84.3 Å². The van der Waals surface area contributed by atoms with Crippen molar-refractivity contribution in [1.29, 1.82) is 0 Å². The zero-order chi connectivity index (χ0) is 16.8. The van der Waals surface area contributed by atoms with Crippen LogP contribution in [0, 0.1) is 16.0 Å². The SMILES string of the molecule is C[C@H]1CCc2c(sc3c2C(=O)N[C@@H](c2ccccc2[N+](=O)[O-])N3)C1. The van der Waals surface area contributed by atoms with E-state index < -0.39 is 11.1 Å². The molecule has 1 aliphatic heterocycles. The van der Waals surface area contributed by atoms with E-state index in [-0.39, 0.29) is 11.6 Å². The molecule has 6 nitrogen and oxygen atoms in total. The number of nitrogens with one attached hydrogen (secondary N) is 2. The number of hydrogen-bond donors (Lipinski definition) is 2. The molecule has 2 aromatic rings. The maximum absolute atomic E-state index is 12.7. The Morgan fingerprint density at radius 1 is 1.29 bits per heavy atom. The van der Waals surface area contributed by atoms with Gasteiger partial charge in [0.05, 0.1) is 16.1 Å². The number of nitro benzene ring substituents is 1. The number of thiophene rings is 1. The normalized spacial score (nSPS) is 22.1.